The first-order valence-electron chi connectivity index (χ1n) is 24.7. The molecular formula is C70H48N2. The number of rotatable bonds is 10. The number of benzene rings is 13. The minimum Gasteiger partial charge on any atom is -0.310 e. The van der Waals surface area contributed by atoms with Crippen molar-refractivity contribution in [3.05, 3.63) is 291 Å². The number of hydrogen-bond donors (Lipinski definition) is 0. The van der Waals surface area contributed by atoms with E-state index in [4.69, 9.17) is 0 Å². The van der Waals surface area contributed by atoms with Crippen LogP contribution in [0.25, 0.3) is 87.6 Å². The molecule has 72 heavy (non-hydrogen) atoms. The molecule has 0 N–H and O–H groups in total. The molecule has 2 heteroatoms. The first-order valence-corrected chi connectivity index (χ1v) is 24.7. The largest absolute Gasteiger partial charge is 0.310 e. The molecule has 0 fully saturated rings. The molecule has 0 radical (unpaired) electrons. The van der Waals surface area contributed by atoms with Crippen LogP contribution >= 0.6 is 0 Å². The number of anilines is 6. The summed E-state index contributed by atoms with van der Waals surface area (Å²) in [6, 6.07) is 106. The van der Waals surface area contributed by atoms with Gasteiger partial charge in [-0.1, -0.05) is 231 Å². The maximum absolute atomic E-state index is 2.42. The summed E-state index contributed by atoms with van der Waals surface area (Å²) < 4.78 is 0. The molecule has 0 aliphatic rings. The summed E-state index contributed by atoms with van der Waals surface area (Å²) in [7, 11) is 0. The lowest BCUT2D eigenvalue weighted by Crippen LogP contribution is -2.11. The van der Waals surface area contributed by atoms with Crippen LogP contribution in [0.3, 0.4) is 0 Å². The SMILES string of the molecule is c1ccc(-c2ccc(N(c3cccc(-c4ccc(-c5cccc(N(c6ccc(-c7ccccc7)cc6)c6cc7ccccc7c7ccccc67)c5)cc4)c3)c3cc4ccccc4c4ccccc34)cc2)cc1. The zero-order valence-electron chi connectivity index (χ0n) is 39.6. The molecule has 0 atom stereocenters. The molecule has 2 nitrogen and oxygen atoms in total. The van der Waals surface area contributed by atoms with Crippen LogP contribution in [0.4, 0.5) is 34.1 Å². The summed E-state index contributed by atoms with van der Waals surface area (Å²) in [6.45, 7) is 0. The molecule has 0 saturated heterocycles. The number of hydrogen-bond acceptors (Lipinski definition) is 2. The van der Waals surface area contributed by atoms with Crippen LogP contribution in [-0.2, 0) is 0 Å². The number of fused-ring (bicyclic) bond motifs is 6. The van der Waals surface area contributed by atoms with Gasteiger partial charge in [0.1, 0.15) is 0 Å². The predicted molar refractivity (Wildman–Crippen MR) is 308 cm³/mol. The van der Waals surface area contributed by atoms with Gasteiger partial charge in [0, 0.05) is 33.5 Å². The van der Waals surface area contributed by atoms with E-state index in [1.165, 1.54) is 65.3 Å². The molecule has 13 aromatic carbocycles. The lowest BCUT2D eigenvalue weighted by molar-refractivity contribution is 1.30. The topological polar surface area (TPSA) is 6.48 Å². The van der Waals surface area contributed by atoms with E-state index < -0.39 is 0 Å². The lowest BCUT2D eigenvalue weighted by atomic mass is 9.97. The third kappa shape index (κ3) is 7.92. The van der Waals surface area contributed by atoms with Gasteiger partial charge in [-0.3, -0.25) is 0 Å². The second kappa shape index (κ2) is 18.4. The zero-order valence-corrected chi connectivity index (χ0v) is 39.6. The average molecular weight is 917 g/mol. The summed E-state index contributed by atoms with van der Waals surface area (Å²) in [5.74, 6) is 0. The molecule has 13 aromatic rings. The van der Waals surface area contributed by atoms with E-state index in [0.717, 1.165) is 56.4 Å². The van der Waals surface area contributed by atoms with E-state index in [1.807, 2.05) is 0 Å². The fraction of sp³-hybridized carbons (Fsp3) is 0. The standard InChI is InChI=1S/C70H48N2/c1-3-17-49(18-4-1)51-37-41-59(42-38-51)71(69-47-57-21-7-9-27-63(57)65-29-11-13-31-67(65)69)61-25-15-23-55(45-61)53-33-35-54(36-34-53)56-24-16-26-62(46-56)72(60-43-39-52(40-44-60)50-19-5-2-6-20-50)70-48-58-22-8-10-28-64(58)66-30-12-14-32-68(66)70/h1-48H. The minimum atomic E-state index is 1.09. The third-order valence-electron chi connectivity index (χ3n) is 14.2. The zero-order chi connectivity index (χ0) is 47.8. The van der Waals surface area contributed by atoms with Gasteiger partial charge in [-0.25, -0.2) is 0 Å². The minimum absolute atomic E-state index is 1.09. The first kappa shape index (κ1) is 42.6. The van der Waals surface area contributed by atoms with E-state index in [0.29, 0.717) is 0 Å². The van der Waals surface area contributed by atoms with E-state index in [2.05, 4.69) is 301 Å². The van der Waals surface area contributed by atoms with Crippen molar-refractivity contribution >= 4 is 77.2 Å². The van der Waals surface area contributed by atoms with Crippen molar-refractivity contribution in [1.82, 2.24) is 0 Å². The predicted octanol–water partition coefficient (Wildman–Crippen LogP) is 19.9. The summed E-state index contributed by atoms with van der Waals surface area (Å²) in [5, 5.41) is 9.81. The van der Waals surface area contributed by atoms with Crippen molar-refractivity contribution in [2.75, 3.05) is 9.80 Å². The molecule has 0 amide bonds. The van der Waals surface area contributed by atoms with Crippen LogP contribution < -0.4 is 9.80 Å². The Bertz CT molecular complexity index is 3800. The highest BCUT2D eigenvalue weighted by Crippen LogP contribution is 2.45. The molecule has 0 heterocycles. The van der Waals surface area contributed by atoms with Crippen molar-refractivity contribution < 1.29 is 0 Å². The Hall–Kier alpha value is -9.50. The highest BCUT2D eigenvalue weighted by molar-refractivity contribution is 6.16. The molecule has 0 unspecified atom stereocenters. The molecule has 0 spiro atoms. The normalized spacial score (nSPS) is 11.3. The van der Waals surface area contributed by atoms with E-state index >= 15 is 0 Å². The molecular weight excluding hydrogens is 869 g/mol. The second-order valence-electron chi connectivity index (χ2n) is 18.5. The quantitative estimate of drug-likeness (QED) is 0.126. The number of nitrogens with zero attached hydrogens (tertiary/aromatic N) is 2. The Labute approximate surface area is 420 Å². The van der Waals surface area contributed by atoms with Gasteiger partial charge in [0.05, 0.1) is 11.4 Å². The lowest BCUT2D eigenvalue weighted by Gasteiger charge is -2.28. The molecule has 338 valence electrons. The molecule has 0 aliphatic heterocycles. The van der Waals surface area contributed by atoms with Gasteiger partial charge in [-0.05, 0) is 137 Å². The van der Waals surface area contributed by atoms with Crippen molar-refractivity contribution in [3.8, 4) is 44.5 Å². The van der Waals surface area contributed by atoms with Crippen molar-refractivity contribution in [2.45, 2.75) is 0 Å². The maximum Gasteiger partial charge on any atom is 0.0546 e. The highest BCUT2D eigenvalue weighted by atomic mass is 15.1. The maximum atomic E-state index is 2.42. The molecule has 0 saturated carbocycles. The van der Waals surface area contributed by atoms with Crippen molar-refractivity contribution in [3.63, 3.8) is 0 Å². The summed E-state index contributed by atoms with van der Waals surface area (Å²) in [6.07, 6.45) is 0. The van der Waals surface area contributed by atoms with Gasteiger partial charge in [-0.2, -0.15) is 0 Å². The first-order chi connectivity index (χ1) is 35.7. The van der Waals surface area contributed by atoms with Gasteiger partial charge in [0.15, 0.2) is 0 Å². The third-order valence-corrected chi connectivity index (χ3v) is 14.2. The van der Waals surface area contributed by atoms with Gasteiger partial charge in [0.25, 0.3) is 0 Å². The van der Waals surface area contributed by atoms with E-state index in [1.54, 1.807) is 0 Å². The molecule has 0 aliphatic carbocycles. The van der Waals surface area contributed by atoms with Gasteiger partial charge < -0.3 is 9.80 Å². The van der Waals surface area contributed by atoms with Gasteiger partial charge in [-0.15, -0.1) is 0 Å². The van der Waals surface area contributed by atoms with Crippen LogP contribution in [-0.4, -0.2) is 0 Å². The Morgan fingerprint density at radius 2 is 0.458 bits per heavy atom. The van der Waals surface area contributed by atoms with E-state index in [-0.39, 0.29) is 0 Å². The summed E-state index contributed by atoms with van der Waals surface area (Å²) >= 11 is 0. The van der Waals surface area contributed by atoms with Crippen molar-refractivity contribution in [1.29, 1.82) is 0 Å². The second-order valence-corrected chi connectivity index (χ2v) is 18.5. The molecule has 0 bridgehead atoms. The fourth-order valence-corrected chi connectivity index (χ4v) is 10.7. The van der Waals surface area contributed by atoms with E-state index in [9.17, 15) is 0 Å². The Balaban J connectivity index is 0.885. The Morgan fingerprint density at radius 1 is 0.167 bits per heavy atom. The van der Waals surface area contributed by atoms with Crippen LogP contribution in [0.2, 0.25) is 0 Å². The smallest absolute Gasteiger partial charge is 0.0546 e. The van der Waals surface area contributed by atoms with Crippen LogP contribution in [0.15, 0.2) is 291 Å². The Morgan fingerprint density at radius 3 is 0.861 bits per heavy atom. The Kier molecular flexibility index (Phi) is 10.9. The highest BCUT2D eigenvalue weighted by Gasteiger charge is 2.20. The van der Waals surface area contributed by atoms with Crippen molar-refractivity contribution in [2.24, 2.45) is 0 Å². The fourth-order valence-electron chi connectivity index (χ4n) is 10.7. The molecule has 0 aromatic heterocycles. The van der Waals surface area contributed by atoms with Gasteiger partial charge in [0.2, 0.25) is 0 Å². The van der Waals surface area contributed by atoms with Crippen LogP contribution in [0, 0.1) is 0 Å². The average Bonchev–Trinajstić information content (AvgIpc) is 3.46. The molecule has 13 rings (SSSR count). The van der Waals surface area contributed by atoms with Crippen LogP contribution in [0.1, 0.15) is 0 Å². The monoisotopic (exact) mass is 916 g/mol. The summed E-state index contributed by atoms with van der Waals surface area (Å²) in [5.41, 5.74) is 16.1. The summed E-state index contributed by atoms with van der Waals surface area (Å²) in [4.78, 5) is 4.85. The van der Waals surface area contributed by atoms with Gasteiger partial charge >= 0.3 is 0 Å². The van der Waals surface area contributed by atoms with Crippen LogP contribution in [0.5, 0.6) is 0 Å².